The van der Waals surface area contributed by atoms with Gasteiger partial charge in [0.05, 0.1) is 4.88 Å². The number of hydrogen-bond donors (Lipinski definition) is 0. The predicted molar refractivity (Wildman–Crippen MR) is 110 cm³/mol. The smallest absolute Gasteiger partial charge is 0.264 e. The first kappa shape index (κ1) is 17.9. The molecule has 5 heteroatoms. The van der Waals surface area contributed by atoms with Gasteiger partial charge >= 0.3 is 0 Å². The van der Waals surface area contributed by atoms with Crippen molar-refractivity contribution < 1.29 is 4.79 Å². The highest BCUT2D eigenvalue weighted by molar-refractivity contribution is 7.12. The van der Waals surface area contributed by atoms with Crippen molar-refractivity contribution in [2.45, 2.75) is 13.5 Å². The van der Waals surface area contributed by atoms with Crippen LogP contribution in [0.4, 0.5) is 0 Å². The van der Waals surface area contributed by atoms with E-state index in [4.69, 9.17) is 0 Å². The molecule has 2 aromatic heterocycles. The molecular weight excluding hydrogens is 354 g/mol. The molecule has 0 unspecified atom stereocenters. The molecule has 4 rings (SSSR count). The molecule has 0 aliphatic carbocycles. The second-order valence-electron chi connectivity index (χ2n) is 6.96. The zero-order chi connectivity index (χ0) is 18.6. The van der Waals surface area contributed by atoms with Crippen LogP contribution in [0, 0.1) is 6.92 Å². The maximum atomic E-state index is 13.1. The SMILES string of the molecule is Cc1ccc(-c2ccsc2C(=O)N2CCN(Cc3cccnc3)CC2)cc1. The number of benzene rings is 1. The average Bonchev–Trinajstić information content (AvgIpc) is 3.19. The lowest BCUT2D eigenvalue weighted by molar-refractivity contribution is 0.0634. The molecule has 1 saturated heterocycles. The summed E-state index contributed by atoms with van der Waals surface area (Å²) in [6, 6.07) is 14.5. The van der Waals surface area contributed by atoms with Crippen LogP contribution in [0.5, 0.6) is 0 Å². The van der Waals surface area contributed by atoms with Gasteiger partial charge in [-0.3, -0.25) is 14.7 Å². The van der Waals surface area contributed by atoms with Crippen molar-refractivity contribution in [3.05, 3.63) is 76.2 Å². The number of carbonyl (C=O) groups excluding carboxylic acids is 1. The summed E-state index contributed by atoms with van der Waals surface area (Å²) in [6.07, 6.45) is 3.71. The molecule has 1 aliphatic heterocycles. The van der Waals surface area contributed by atoms with Gasteiger partial charge in [0.15, 0.2) is 0 Å². The van der Waals surface area contributed by atoms with Crippen LogP contribution in [0.3, 0.4) is 0 Å². The van der Waals surface area contributed by atoms with Crippen LogP contribution in [0.2, 0.25) is 0 Å². The van der Waals surface area contributed by atoms with E-state index in [1.807, 2.05) is 22.5 Å². The molecule has 1 fully saturated rings. The first-order chi connectivity index (χ1) is 13.2. The van der Waals surface area contributed by atoms with Gasteiger partial charge in [0.2, 0.25) is 0 Å². The fraction of sp³-hybridized carbons (Fsp3) is 0.273. The first-order valence-corrected chi connectivity index (χ1v) is 10.1. The molecule has 138 valence electrons. The minimum Gasteiger partial charge on any atom is -0.335 e. The zero-order valence-corrected chi connectivity index (χ0v) is 16.3. The van der Waals surface area contributed by atoms with Crippen molar-refractivity contribution in [2.75, 3.05) is 26.2 Å². The van der Waals surface area contributed by atoms with Crippen molar-refractivity contribution in [3.8, 4) is 11.1 Å². The van der Waals surface area contributed by atoms with Crippen LogP contribution >= 0.6 is 11.3 Å². The molecule has 1 aliphatic rings. The lowest BCUT2D eigenvalue weighted by Crippen LogP contribution is -2.48. The third-order valence-corrected chi connectivity index (χ3v) is 5.91. The molecule has 3 aromatic rings. The van der Waals surface area contributed by atoms with Crippen LogP contribution in [0.25, 0.3) is 11.1 Å². The average molecular weight is 378 g/mol. The second-order valence-corrected chi connectivity index (χ2v) is 7.88. The van der Waals surface area contributed by atoms with Crippen molar-refractivity contribution in [3.63, 3.8) is 0 Å². The highest BCUT2D eigenvalue weighted by atomic mass is 32.1. The summed E-state index contributed by atoms with van der Waals surface area (Å²) in [5.41, 5.74) is 4.60. The van der Waals surface area contributed by atoms with Gasteiger partial charge in [-0.25, -0.2) is 0 Å². The normalized spacial score (nSPS) is 15.1. The van der Waals surface area contributed by atoms with Gasteiger partial charge in [-0.05, 0) is 35.6 Å². The molecule has 0 bridgehead atoms. The Morgan fingerprint density at radius 1 is 1.07 bits per heavy atom. The lowest BCUT2D eigenvalue weighted by Gasteiger charge is -2.34. The number of hydrogen-bond acceptors (Lipinski definition) is 4. The number of piperazine rings is 1. The number of aryl methyl sites for hydroxylation is 1. The van der Waals surface area contributed by atoms with E-state index in [0.29, 0.717) is 0 Å². The van der Waals surface area contributed by atoms with Gasteiger partial charge in [-0.1, -0.05) is 35.9 Å². The summed E-state index contributed by atoms with van der Waals surface area (Å²) in [6.45, 7) is 6.30. The van der Waals surface area contributed by atoms with E-state index in [1.54, 1.807) is 17.5 Å². The van der Waals surface area contributed by atoms with Crippen molar-refractivity contribution in [2.24, 2.45) is 0 Å². The summed E-state index contributed by atoms with van der Waals surface area (Å²) in [5.74, 6) is 0.154. The zero-order valence-electron chi connectivity index (χ0n) is 15.5. The molecule has 0 N–H and O–H groups in total. The highest BCUT2D eigenvalue weighted by Crippen LogP contribution is 2.30. The number of amides is 1. The van der Waals surface area contributed by atoms with Crippen LogP contribution in [-0.2, 0) is 6.54 Å². The van der Waals surface area contributed by atoms with Crippen molar-refractivity contribution in [1.29, 1.82) is 0 Å². The lowest BCUT2D eigenvalue weighted by atomic mass is 10.0. The van der Waals surface area contributed by atoms with E-state index in [9.17, 15) is 4.79 Å². The van der Waals surface area contributed by atoms with Crippen LogP contribution in [0.15, 0.2) is 60.2 Å². The fourth-order valence-corrected chi connectivity index (χ4v) is 4.32. The molecule has 0 spiro atoms. The van der Waals surface area contributed by atoms with Gasteiger partial charge in [-0.2, -0.15) is 0 Å². The van der Waals surface area contributed by atoms with Gasteiger partial charge in [0, 0.05) is 50.7 Å². The Hall–Kier alpha value is -2.50. The molecule has 27 heavy (non-hydrogen) atoms. The molecule has 4 nitrogen and oxygen atoms in total. The summed E-state index contributed by atoms with van der Waals surface area (Å²) in [5, 5.41) is 2.01. The van der Waals surface area contributed by atoms with Crippen LogP contribution in [-0.4, -0.2) is 46.9 Å². The summed E-state index contributed by atoms with van der Waals surface area (Å²) >= 11 is 1.54. The summed E-state index contributed by atoms with van der Waals surface area (Å²) in [4.78, 5) is 22.5. The molecule has 0 saturated carbocycles. The molecular formula is C22H23N3OS. The van der Waals surface area contributed by atoms with Gasteiger partial charge < -0.3 is 4.90 Å². The van der Waals surface area contributed by atoms with E-state index in [-0.39, 0.29) is 5.91 Å². The van der Waals surface area contributed by atoms with E-state index in [1.165, 1.54) is 11.1 Å². The van der Waals surface area contributed by atoms with E-state index in [0.717, 1.165) is 48.7 Å². The fourth-order valence-electron chi connectivity index (χ4n) is 3.44. The Labute approximate surface area is 164 Å². The van der Waals surface area contributed by atoms with E-state index in [2.05, 4.69) is 53.2 Å². The van der Waals surface area contributed by atoms with Gasteiger partial charge in [-0.15, -0.1) is 11.3 Å². The Morgan fingerprint density at radius 2 is 1.85 bits per heavy atom. The second kappa shape index (κ2) is 8.03. The number of thiophene rings is 1. The Kier molecular flexibility index (Phi) is 5.32. The van der Waals surface area contributed by atoms with E-state index >= 15 is 0 Å². The molecule has 3 heterocycles. The topological polar surface area (TPSA) is 36.4 Å². The molecule has 1 aromatic carbocycles. The number of nitrogens with zero attached hydrogens (tertiary/aromatic N) is 3. The minimum atomic E-state index is 0.154. The predicted octanol–water partition coefficient (Wildman–Crippen LogP) is 4.08. The largest absolute Gasteiger partial charge is 0.335 e. The maximum Gasteiger partial charge on any atom is 0.264 e. The van der Waals surface area contributed by atoms with Gasteiger partial charge in [0.25, 0.3) is 5.91 Å². The number of pyridine rings is 1. The highest BCUT2D eigenvalue weighted by Gasteiger charge is 2.25. The third kappa shape index (κ3) is 4.10. The molecule has 1 amide bonds. The van der Waals surface area contributed by atoms with E-state index < -0.39 is 0 Å². The number of aromatic nitrogens is 1. The standard InChI is InChI=1S/C22H23N3OS/c1-17-4-6-19(7-5-17)20-8-14-27-21(20)22(26)25-12-10-24(11-13-25)16-18-3-2-9-23-15-18/h2-9,14-15H,10-13,16H2,1H3. The summed E-state index contributed by atoms with van der Waals surface area (Å²) < 4.78 is 0. The van der Waals surface area contributed by atoms with Crippen LogP contribution < -0.4 is 0 Å². The molecule has 0 atom stereocenters. The third-order valence-electron chi connectivity index (χ3n) is 5.01. The Bertz CT molecular complexity index is 897. The number of carbonyl (C=O) groups is 1. The summed E-state index contributed by atoms with van der Waals surface area (Å²) in [7, 11) is 0. The van der Waals surface area contributed by atoms with Crippen molar-refractivity contribution >= 4 is 17.2 Å². The first-order valence-electron chi connectivity index (χ1n) is 9.26. The minimum absolute atomic E-state index is 0.154. The Morgan fingerprint density at radius 3 is 2.56 bits per heavy atom. The van der Waals surface area contributed by atoms with Gasteiger partial charge in [0.1, 0.15) is 0 Å². The van der Waals surface area contributed by atoms with Crippen LogP contribution in [0.1, 0.15) is 20.8 Å². The van der Waals surface area contributed by atoms with Crippen molar-refractivity contribution in [1.82, 2.24) is 14.8 Å². The molecule has 0 radical (unpaired) electrons. The quantitative estimate of drug-likeness (QED) is 0.687. The Balaban J connectivity index is 1.42. The maximum absolute atomic E-state index is 13.1. The monoisotopic (exact) mass is 377 g/mol. The number of rotatable bonds is 4.